The Kier molecular flexibility index (Phi) is 6.05. The third kappa shape index (κ3) is 4.26. The lowest BCUT2D eigenvalue weighted by Crippen LogP contribution is -2.13. The van der Waals surface area contributed by atoms with Gasteiger partial charge in [-0.1, -0.05) is 24.3 Å². The minimum atomic E-state index is -0.582. The number of thiazole rings is 1. The van der Waals surface area contributed by atoms with E-state index in [9.17, 15) is 14.4 Å². The zero-order chi connectivity index (χ0) is 23.5. The molecule has 0 aliphatic rings. The third-order valence-corrected chi connectivity index (χ3v) is 5.95. The number of nitrogens with one attached hydrogen (secondary N) is 3. The van der Waals surface area contributed by atoms with Crippen LogP contribution in [0.15, 0.2) is 60.3 Å². The molecule has 0 fully saturated rings. The second-order valence-electron chi connectivity index (χ2n) is 7.24. The maximum absolute atomic E-state index is 12.5. The molecule has 3 amide bonds. The van der Waals surface area contributed by atoms with Crippen molar-refractivity contribution in [2.75, 3.05) is 10.6 Å². The summed E-state index contributed by atoms with van der Waals surface area (Å²) in [6.45, 7) is 3.64. The van der Waals surface area contributed by atoms with E-state index in [4.69, 9.17) is 5.73 Å². The predicted octanol–water partition coefficient (Wildman–Crippen LogP) is 4.47. The predicted molar refractivity (Wildman–Crippen MR) is 131 cm³/mol. The number of benzene rings is 2. The fraction of sp³-hybridized carbons (Fsp3) is 0.0833. The average molecular weight is 460 g/mol. The van der Waals surface area contributed by atoms with Crippen LogP contribution in [-0.4, -0.2) is 27.7 Å². The van der Waals surface area contributed by atoms with Crippen molar-refractivity contribution in [2.24, 2.45) is 5.73 Å². The summed E-state index contributed by atoms with van der Waals surface area (Å²) < 4.78 is 0. The summed E-state index contributed by atoms with van der Waals surface area (Å²) in [6.07, 6.45) is 6.26. The van der Waals surface area contributed by atoms with E-state index >= 15 is 0 Å². The van der Waals surface area contributed by atoms with Gasteiger partial charge in [0.15, 0.2) is 5.01 Å². The highest BCUT2D eigenvalue weighted by Crippen LogP contribution is 2.38. The molecule has 0 aliphatic heterocycles. The Morgan fingerprint density at radius 3 is 2.61 bits per heavy atom. The van der Waals surface area contributed by atoms with Crippen LogP contribution in [0.25, 0.3) is 22.0 Å². The van der Waals surface area contributed by atoms with Gasteiger partial charge >= 0.3 is 0 Å². The maximum Gasteiger partial charge on any atom is 0.284 e. The first-order chi connectivity index (χ1) is 15.9. The number of amides is 3. The van der Waals surface area contributed by atoms with Gasteiger partial charge in [0.25, 0.3) is 11.8 Å². The first kappa shape index (κ1) is 22.0. The molecule has 2 aromatic heterocycles. The van der Waals surface area contributed by atoms with Crippen LogP contribution in [0.5, 0.6) is 0 Å². The van der Waals surface area contributed by atoms with E-state index in [1.165, 1.54) is 17.4 Å². The maximum atomic E-state index is 12.5. The molecular formula is C24H21N5O3S. The molecule has 0 bridgehead atoms. The highest BCUT2D eigenvalue weighted by atomic mass is 32.1. The highest BCUT2D eigenvalue weighted by molar-refractivity contribution is 7.11. The molecule has 0 saturated heterocycles. The largest absolute Gasteiger partial charge is 0.366 e. The summed E-state index contributed by atoms with van der Waals surface area (Å²) >= 11 is 1.26. The number of hydrogen-bond donors (Lipinski definition) is 4. The number of primary amides is 1. The van der Waals surface area contributed by atoms with Crippen LogP contribution in [0.4, 0.5) is 11.4 Å². The quantitative estimate of drug-likeness (QED) is 0.317. The van der Waals surface area contributed by atoms with Crippen molar-refractivity contribution in [3.63, 3.8) is 0 Å². The van der Waals surface area contributed by atoms with Gasteiger partial charge in [-0.05, 0) is 48.7 Å². The van der Waals surface area contributed by atoms with Gasteiger partial charge in [0.1, 0.15) is 0 Å². The molecule has 4 rings (SSSR count). The molecule has 5 N–H and O–H groups in total. The van der Waals surface area contributed by atoms with Crippen molar-refractivity contribution in [3.8, 4) is 11.1 Å². The van der Waals surface area contributed by atoms with Crippen LogP contribution >= 0.6 is 11.3 Å². The number of nitrogens with zero attached hydrogens (tertiary/aromatic N) is 1. The number of nitrogens with two attached hydrogens (primary N) is 1. The normalized spacial score (nSPS) is 11.1. The van der Waals surface area contributed by atoms with Crippen molar-refractivity contribution in [1.29, 1.82) is 0 Å². The summed E-state index contributed by atoms with van der Waals surface area (Å²) in [6, 6.07) is 8.99. The molecule has 0 aliphatic carbocycles. The summed E-state index contributed by atoms with van der Waals surface area (Å²) in [5, 5.41) is 8.50. The van der Waals surface area contributed by atoms with Gasteiger partial charge in [0, 0.05) is 28.8 Å². The number of carbonyl (C=O) groups excluding carboxylic acids is 3. The number of aromatic nitrogens is 2. The second-order valence-corrected chi connectivity index (χ2v) is 8.13. The van der Waals surface area contributed by atoms with Gasteiger partial charge in [-0.2, -0.15) is 0 Å². The van der Waals surface area contributed by atoms with Gasteiger partial charge in [-0.3, -0.25) is 14.4 Å². The first-order valence-corrected chi connectivity index (χ1v) is 11.0. The molecule has 8 nitrogen and oxygen atoms in total. The fourth-order valence-electron chi connectivity index (χ4n) is 3.68. The number of anilines is 2. The van der Waals surface area contributed by atoms with Gasteiger partial charge < -0.3 is 21.4 Å². The lowest BCUT2D eigenvalue weighted by molar-refractivity contribution is -0.111. The zero-order valence-corrected chi connectivity index (χ0v) is 18.7. The van der Waals surface area contributed by atoms with Crippen molar-refractivity contribution >= 4 is 51.3 Å². The van der Waals surface area contributed by atoms with E-state index in [-0.39, 0.29) is 11.8 Å². The van der Waals surface area contributed by atoms with Crippen LogP contribution in [0, 0.1) is 6.92 Å². The summed E-state index contributed by atoms with van der Waals surface area (Å²) in [4.78, 5) is 43.9. The Labute approximate surface area is 193 Å². The Morgan fingerprint density at radius 1 is 1.09 bits per heavy atom. The lowest BCUT2D eigenvalue weighted by Gasteiger charge is -2.15. The lowest BCUT2D eigenvalue weighted by atomic mass is 9.94. The number of carbonyl (C=O) groups is 3. The van der Waals surface area contributed by atoms with E-state index in [1.807, 2.05) is 25.1 Å². The minimum Gasteiger partial charge on any atom is -0.366 e. The molecule has 0 atom stereocenters. The minimum absolute atomic E-state index is 0.291. The first-order valence-electron chi connectivity index (χ1n) is 10.1. The van der Waals surface area contributed by atoms with Crippen molar-refractivity contribution < 1.29 is 14.4 Å². The molecule has 2 aromatic carbocycles. The highest BCUT2D eigenvalue weighted by Gasteiger charge is 2.19. The molecule has 166 valence electrons. The Bertz CT molecular complexity index is 1400. The number of H-pyrrole nitrogens is 1. The molecule has 0 saturated carbocycles. The number of rotatable bonds is 6. The summed E-state index contributed by atoms with van der Waals surface area (Å²) in [5.74, 6) is -1.17. The average Bonchev–Trinajstić information content (AvgIpc) is 3.46. The monoisotopic (exact) mass is 459 g/mol. The SMILES string of the molecule is C/C=C/C(=O)Nc1c[nH]c2c(C(N)=O)ccc(-c3cccc(NC(=O)c4nccs4)c3C)c12. The summed E-state index contributed by atoms with van der Waals surface area (Å²) in [7, 11) is 0. The Morgan fingerprint density at radius 2 is 1.91 bits per heavy atom. The van der Waals surface area contributed by atoms with Gasteiger partial charge in [0.2, 0.25) is 5.91 Å². The fourth-order valence-corrected chi connectivity index (χ4v) is 4.21. The molecule has 9 heteroatoms. The van der Waals surface area contributed by atoms with Crippen molar-refractivity contribution in [2.45, 2.75) is 13.8 Å². The molecule has 33 heavy (non-hydrogen) atoms. The molecule has 0 spiro atoms. The van der Waals surface area contributed by atoms with Crippen LogP contribution in [0.2, 0.25) is 0 Å². The number of fused-ring (bicyclic) bond motifs is 1. The number of allylic oxidation sites excluding steroid dienone is 1. The zero-order valence-electron chi connectivity index (χ0n) is 17.9. The van der Waals surface area contributed by atoms with Crippen LogP contribution in [0.3, 0.4) is 0 Å². The van der Waals surface area contributed by atoms with Gasteiger partial charge in [-0.15, -0.1) is 11.3 Å². The molecule has 0 unspecified atom stereocenters. The van der Waals surface area contributed by atoms with E-state index in [0.29, 0.717) is 32.8 Å². The Hall–Kier alpha value is -4.24. The summed E-state index contributed by atoms with van der Waals surface area (Å²) in [5.41, 5.74) is 9.98. The molecule has 2 heterocycles. The van der Waals surface area contributed by atoms with Crippen molar-refractivity contribution in [3.05, 3.63) is 76.4 Å². The number of hydrogen-bond acceptors (Lipinski definition) is 5. The molecule has 0 radical (unpaired) electrons. The van der Waals surface area contributed by atoms with Gasteiger partial charge in [-0.25, -0.2) is 4.98 Å². The molecule has 4 aromatic rings. The van der Waals surface area contributed by atoms with Crippen molar-refractivity contribution in [1.82, 2.24) is 9.97 Å². The molecular weight excluding hydrogens is 438 g/mol. The smallest absolute Gasteiger partial charge is 0.284 e. The topological polar surface area (TPSA) is 130 Å². The van der Waals surface area contributed by atoms with E-state index in [1.54, 1.807) is 42.9 Å². The Balaban J connectivity index is 1.85. The van der Waals surface area contributed by atoms with Crippen LogP contribution in [0.1, 0.15) is 32.6 Å². The van der Waals surface area contributed by atoms with Gasteiger partial charge in [0.05, 0.1) is 16.8 Å². The second kappa shape index (κ2) is 9.09. The number of aromatic amines is 1. The van der Waals surface area contributed by atoms with E-state index in [0.717, 1.165) is 16.7 Å². The standard InChI is InChI=1S/C24H21N5O3S/c1-3-5-19(30)28-18-12-27-21-16(22(25)31)9-8-15(20(18)21)14-6-4-7-17(13(14)2)29-23(32)24-26-10-11-33-24/h3-12,27H,1-2H3,(H2,25,31)(H,28,30)(H,29,32)/b5-3+. The van der Waals surface area contributed by atoms with Crippen LogP contribution in [-0.2, 0) is 4.79 Å². The third-order valence-electron chi connectivity index (χ3n) is 5.18. The van der Waals surface area contributed by atoms with E-state index in [2.05, 4.69) is 20.6 Å². The van der Waals surface area contributed by atoms with E-state index < -0.39 is 5.91 Å². The van der Waals surface area contributed by atoms with Crippen LogP contribution < -0.4 is 16.4 Å².